The summed E-state index contributed by atoms with van der Waals surface area (Å²) in [5, 5.41) is 11.5. The van der Waals surface area contributed by atoms with Gasteiger partial charge in [-0.1, -0.05) is 11.6 Å². The maximum absolute atomic E-state index is 12.8. The van der Waals surface area contributed by atoms with E-state index in [4.69, 9.17) is 16.7 Å². The third kappa shape index (κ3) is 4.21. The predicted octanol–water partition coefficient (Wildman–Crippen LogP) is 2.71. The van der Waals surface area contributed by atoms with Crippen molar-refractivity contribution >= 4 is 23.5 Å². The summed E-state index contributed by atoms with van der Waals surface area (Å²) in [6, 6.07) is 3.48. The second kappa shape index (κ2) is 6.02. The summed E-state index contributed by atoms with van der Waals surface area (Å²) in [6.45, 7) is 3.35. The van der Waals surface area contributed by atoms with Crippen LogP contribution in [0.15, 0.2) is 18.2 Å². The molecule has 0 aliphatic rings. The molecule has 0 bridgehead atoms. The van der Waals surface area contributed by atoms with Gasteiger partial charge in [0.15, 0.2) is 0 Å². The molecular weight excluding hydrogens is 273 g/mol. The molecule has 0 saturated carbocycles. The van der Waals surface area contributed by atoms with Crippen molar-refractivity contribution in [1.82, 2.24) is 5.32 Å². The van der Waals surface area contributed by atoms with Crippen LogP contribution in [0.1, 0.15) is 30.6 Å². The van der Waals surface area contributed by atoms with E-state index < -0.39 is 23.1 Å². The van der Waals surface area contributed by atoms with Crippen LogP contribution < -0.4 is 5.32 Å². The number of carbonyl (C=O) groups excluding carboxylic acids is 1. The molecule has 1 aromatic rings. The number of benzene rings is 1. The Labute approximate surface area is 115 Å². The minimum absolute atomic E-state index is 0.0231. The second-order valence-electron chi connectivity index (χ2n) is 4.82. The van der Waals surface area contributed by atoms with Crippen molar-refractivity contribution in [1.29, 1.82) is 0 Å². The number of halogens is 2. The molecule has 0 radical (unpaired) electrons. The van der Waals surface area contributed by atoms with Gasteiger partial charge in [-0.25, -0.2) is 4.39 Å². The molecule has 4 nitrogen and oxygen atoms in total. The number of aliphatic carboxylic acids is 1. The molecule has 2 N–H and O–H groups in total. The normalized spacial score (nSPS) is 11.2. The van der Waals surface area contributed by atoms with E-state index in [0.717, 1.165) is 12.1 Å². The molecule has 0 saturated heterocycles. The van der Waals surface area contributed by atoms with E-state index in [1.54, 1.807) is 13.8 Å². The highest BCUT2D eigenvalue weighted by Gasteiger charge is 2.26. The molecule has 19 heavy (non-hydrogen) atoms. The average molecular weight is 288 g/mol. The number of nitrogens with one attached hydrogen (secondary N) is 1. The van der Waals surface area contributed by atoms with Gasteiger partial charge in [-0.2, -0.15) is 0 Å². The van der Waals surface area contributed by atoms with Crippen LogP contribution >= 0.6 is 11.6 Å². The Balaban J connectivity index is 2.59. The zero-order valence-electron chi connectivity index (χ0n) is 10.7. The van der Waals surface area contributed by atoms with Gasteiger partial charge >= 0.3 is 5.97 Å². The van der Waals surface area contributed by atoms with Crippen LogP contribution in [0.3, 0.4) is 0 Å². The zero-order valence-corrected chi connectivity index (χ0v) is 11.4. The highest BCUT2D eigenvalue weighted by Crippen LogP contribution is 2.20. The van der Waals surface area contributed by atoms with E-state index in [1.807, 2.05) is 0 Å². The third-order valence-electron chi connectivity index (χ3n) is 2.79. The minimum Gasteiger partial charge on any atom is -0.481 e. The first-order chi connectivity index (χ1) is 8.74. The molecule has 1 rings (SSSR count). The van der Waals surface area contributed by atoms with Gasteiger partial charge in [0.05, 0.1) is 16.0 Å². The fourth-order valence-corrected chi connectivity index (χ4v) is 1.62. The first kappa shape index (κ1) is 15.4. The smallest absolute Gasteiger partial charge is 0.309 e. The highest BCUT2D eigenvalue weighted by molar-refractivity contribution is 6.33. The van der Waals surface area contributed by atoms with Crippen molar-refractivity contribution in [3.8, 4) is 0 Å². The molecule has 0 aliphatic carbocycles. The van der Waals surface area contributed by atoms with E-state index in [0.29, 0.717) is 0 Å². The number of rotatable bonds is 5. The van der Waals surface area contributed by atoms with Crippen LogP contribution in [0.4, 0.5) is 4.39 Å². The maximum atomic E-state index is 12.8. The van der Waals surface area contributed by atoms with Crippen LogP contribution in [-0.4, -0.2) is 23.5 Å². The standard InChI is InChI=1S/C13H15ClFNO3/c1-13(2,12(18)19)5-6-16-11(17)9-4-3-8(15)7-10(9)14/h3-4,7H,5-6H2,1-2H3,(H,16,17)(H,18,19). The van der Waals surface area contributed by atoms with Gasteiger partial charge in [-0.15, -0.1) is 0 Å². The lowest BCUT2D eigenvalue weighted by Gasteiger charge is -2.19. The summed E-state index contributed by atoms with van der Waals surface area (Å²) in [5.41, 5.74) is -0.754. The number of hydrogen-bond acceptors (Lipinski definition) is 2. The summed E-state index contributed by atoms with van der Waals surface area (Å²) in [4.78, 5) is 22.6. The molecule has 1 amide bonds. The Morgan fingerprint density at radius 3 is 2.58 bits per heavy atom. The lowest BCUT2D eigenvalue weighted by molar-refractivity contribution is -0.147. The molecule has 6 heteroatoms. The fourth-order valence-electron chi connectivity index (χ4n) is 1.36. The Bertz CT molecular complexity index is 503. The van der Waals surface area contributed by atoms with Gasteiger partial charge < -0.3 is 10.4 Å². The molecule has 104 valence electrons. The number of carbonyl (C=O) groups is 2. The van der Waals surface area contributed by atoms with Gasteiger partial charge in [-0.05, 0) is 38.5 Å². The summed E-state index contributed by atoms with van der Waals surface area (Å²) in [5.74, 6) is -1.90. The van der Waals surface area contributed by atoms with E-state index in [9.17, 15) is 14.0 Å². The monoisotopic (exact) mass is 287 g/mol. The van der Waals surface area contributed by atoms with E-state index in [-0.39, 0.29) is 23.6 Å². The molecule has 0 spiro atoms. The Morgan fingerprint density at radius 2 is 2.05 bits per heavy atom. The summed E-state index contributed by atoms with van der Waals surface area (Å²) >= 11 is 5.75. The SMILES string of the molecule is CC(C)(CCNC(=O)c1ccc(F)cc1Cl)C(=O)O. The summed E-state index contributed by atoms with van der Waals surface area (Å²) in [7, 11) is 0. The van der Waals surface area contributed by atoms with E-state index >= 15 is 0 Å². The van der Waals surface area contributed by atoms with Crippen LogP contribution in [0.2, 0.25) is 5.02 Å². The lowest BCUT2D eigenvalue weighted by Crippen LogP contribution is -2.32. The fraction of sp³-hybridized carbons (Fsp3) is 0.385. The van der Waals surface area contributed by atoms with Crippen LogP contribution in [0.5, 0.6) is 0 Å². The molecule has 0 atom stereocenters. The first-order valence-corrected chi connectivity index (χ1v) is 6.08. The molecule has 0 aromatic heterocycles. The summed E-state index contributed by atoms with van der Waals surface area (Å²) in [6.07, 6.45) is 0.285. The molecule has 0 fully saturated rings. The minimum atomic E-state index is -0.929. The van der Waals surface area contributed by atoms with E-state index in [2.05, 4.69) is 5.32 Å². The Kier molecular flexibility index (Phi) is 4.89. The van der Waals surface area contributed by atoms with E-state index in [1.165, 1.54) is 6.07 Å². The van der Waals surface area contributed by atoms with Crippen molar-refractivity contribution in [3.05, 3.63) is 34.6 Å². The summed E-state index contributed by atoms with van der Waals surface area (Å²) < 4.78 is 12.8. The molecule has 1 aromatic carbocycles. The lowest BCUT2D eigenvalue weighted by atomic mass is 9.90. The largest absolute Gasteiger partial charge is 0.481 e. The third-order valence-corrected chi connectivity index (χ3v) is 3.10. The zero-order chi connectivity index (χ0) is 14.6. The molecule has 0 aliphatic heterocycles. The van der Waals surface area contributed by atoms with Crippen molar-refractivity contribution in [3.63, 3.8) is 0 Å². The molecular formula is C13H15ClFNO3. The maximum Gasteiger partial charge on any atom is 0.309 e. The van der Waals surface area contributed by atoms with Gasteiger partial charge in [0.1, 0.15) is 5.82 Å². The predicted molar refractivity (Wildman–Crippen MR) is 69.8 cm³/mol. The highest BCUT2D eigenvalue weighted by atomic mass is 35.5. The Hall–Kier alpha value is -1.62. The topological polar surface area (TPSA) is 66.4 Å². The second-order valence-corrected chi connectivity index (χ2v) is 5.23. The number of carboxylic acids is 1. The Morgan fingerprint density at radius 1 is 1.42 bits per heavy atom. The van der Waals surface area contributed by atoms with Crippen LogP contribution in [0.25, 0.3) is 0 Å². The number of amides is 1. The number of carboxylic acid groups (broad SMARTS) is 1. The first-order valence-electron chi connectivity index (χ1n) is 5.70. The van der Waals surface area contributed by atoms with Gasteiger partial charge in [0.25, 0.3) is 5.91 Å². The van der Waals surface area contributed by atoms with Crippen molar-refractivity contribution < 1.29 is 19.1 Å². The quantitative estimate of drug-likeness (QED) is 0.875. The number of hydrogen-bond donors (Lipinski definition) is 2. The molecule has 0 heterocycles. The van der Waals surface area contributed by atoms with Gasteiger partial charge in [0, 0.05) is 6.54 Å². The van der Waals surface area contributed by atoms with Crippen molar-refractivity contribution in [2.24, 2.45) is 5.41 Å². The molecule has 0 unspecified atom stereocenters. The van der Waals surface area contributed by atoms with Crippen LogP contribution in [-0.2, 0) is 4.79 Å². The van der Waals surface area contributed by atoms with Gasteiger partial charge in [-0.3, -0.25) is 9.59 Å². The van der Waals surface area contributed by atoms with Crippen LogP contribution in [0, 0.1) is 11.2 Å². The van der Waals surface area contributed by atoms with Crippen molar-refractivity contribution in [2.45, 2.75) is 20.3 Å². The average Bonchev–Trinajstić information content (AvgIpc) is 2.28. The van der Waals surface area contributed by atoms with Gasteiger partial charge in [0.2, 0.25) is 0 Å². The van der Waals surface area contributed by atoms with Crippen molar-refractivity contribution in [2.75, 3.05) is 6.54 Å².